The van der Waals surface area contributed by atoms with Gasteiger partial charge in [0.1, 0.15) is 29.8 Å². The Morgan fingerprint density at radius 3 is 2.43 bits per heavy atom. The third-order valence-corrected chi connectivity index (χ3v) is 13.0. The van der Waals surface area contributed by atoms with Crippen LogP contribution in [0.15, 0.2) is 92.4 Å². The van der Waals surface area contributed by atoms with Crippen LogP contribution in [0.3, 0.4) is 0 Å². The molecule has 4 aliphatic heterocycles. The van der Waals surface area contributed by atoms with Gasteiger partial charge in [0.15, 0.2) is 5.82 Å². The maximum atomic E-state index is 13.5. The van der Waals surface area contributed by atoms with Crippen LogP contribution >= 0.6 is 0 Å². The summed E-state index contributed by atoms with van der Waals surface area (Å²) in [5, 5.41) is 2.22. The van der Waals surface area contributed by atoms with Crippen LogP contribution in [0.5, 0.6) is 11.5 Å². The van der Waals surface area contributed by atoms with E-state index in [4.69, 9.17) is 14.5 Å². The first-order valence-corrected chi connectivity index (χ1v) is 23.6. The van der Waals surface area contributed by atoms with Crippen molar-refractivity contribution in [1.29, 1.82) is 0 Å². The molecule has 5 amide bonds. The molecular weight excluding hydrogens is 887 g/mol. The number of unbranched alkanes of at least 4 members (excludes halogenated alkanes) is 2. The fraction of sp³-hybridized carbons (Fsp3) is 0.315. The zero-order valence-electron chi connectivity index (χ0n) is 38.9. The molecule has 9 rings (SSSR count). The first-order valence-electron chi connectivity index (χ1n) is 23.6. The van der Waals surface area contributed by atoms with E-state index in [2.05, 4.69) is 55.1 Å². The quantitative estimate of drug-likeness (QED) is 0.0733. The predicted molar refractivity (Wildman–Crippen MR) is 261 cm³/mol. The van der Waals surface area contributed by atoms with Crippen LogP contribution in [0.4, 0.5) is 0 Å². The lowest BCUT2D eigenvalue weighted by molar-refractivity contribution is -0.136. The van der Waals surface area contributed by atoms with Crippen molar-refractivity contribution in [3.8, 4) is 34.7 Å². The molecule has 356 valence electrons. The lowest BCUT2D eigenvalue weighted by Crippen LogP contribution is -2.54. The largest absolute Gasteiger partial charge is 0.493 e. The van der Waals surface area contributed by atoms with E-state index in [1.165, 1.54) is 0 Å². The Bertz CT molecular complexity index is 2900. The lowest BCUT2D eigenvalue weighted by atomic mass is 10.0. The van der Waals surface area contributed by atoms with Crippen LogP contribution in [0.25, 0.3) is 23.5 Å². The number of rotatable bonds is 16. The number of pyridine rings is 2. The van der Waals surface area contributed by atoms with Crippen molar-refractivity contribution in [2.24, 2.45) is 0 Å². The highest BCUT2D eigenvalue weighted by atomic mass is 16.5. The highest BCUT2D eigenvalue weighted by Gasteiger charge is 2.46. The monoisotopic (exact) mass is 939 g/mol. The van der Waals surface area contributed by atoms with Gasteiger partial charge in [0.05, 0.1) is 42.2 Å². The average Bonchev–Trinajstić information content (AvgIpc) is 3.65. The second-order valence-electron chi connectivity index (χ2n) is 17.6. The number of aromatic nitrogens is 4. The summed E-state index contributed by atoms with van der Waals surface area (Å²) in [6, 6.07) is 17.2. The minimum Gasteiger partial charge on any atom is -0.493 e. The molecule has 5 aromatic rings. The number of ether oxygens (including phenoxy) is 2. The van der Waals surface area contributed by atoms with E-state index in [9.17, 15) is 24.0 Å². The van der Waals surface area contributed by atoms with E-state index >= 15 is 0 Å². The molecule has 0 bridgehead atoms. The van der Waals surface area contributed by atoms with Crippen molar-refractivity contribution >= 4 is 41.7 Å². The summed E-state index contributed by atoms with van der Waals surface area (Å²) in [5.41, 5.74) is 6.69. The second kappa shape index (κ2) is 21.6. The first kappa shape index (κ1) is 47.2. The number of hydrogen-bond acceptors (Lipinski definition) is 13. The fourth-order valence-electron chi connectivity index (χ4n) is 8.99. The van der Waals surface area contributed by atoms with E-state index in [1.54, 1.807) is 53.7 Å². The smallest absolute Gasteiger partial charge is 0.272 e. The van der Waals surface area contributed by atoms with E-state index in [0.717, 1.165) is 96.1 Å². The highest BCUT2D eigenvalue weighted by Crippen LogP contribution is 2.34. The average molecular weight is 940 g/mol. The van der Waals surface area contributed by atoms with Gasteiger partial charge in [0, 0.05) is 80.0 Å². The molecule has 0 aliphatic carbocycles. The zero-order chi connectivity index (χ0) is 48.6. The summed E-state index contributed by atoms with van der Waals surface area (Å²) in [6.45, 7) is 14.8. The van der Waals surface area contributed by atoms with Gasteiger partial charge in [-0.25, -0.2) is 9.97 Å². The van der Waals surface area contributed by atoms with Gasteiger partial charge in [-0.05, 0) is 98.8 Å². The Kier molecular flexibility index (Phi) is 14.6. The van der Waals surface area contributed by atoms with Gasteiger partial charge in [0.25, 0.3) is 17.7 Å². The molecule has 1 unspecified atom stereocenters. The maximum Gasteiger partial charge on any atom is 0.272 e. The SMILES string of the molecule is C=Cc1cc(-c2ncc3c(n2)CN(C(=O)c2ccc(COc4ccc(C#CCN5CCN(CCCCCOc6cccc7c6C(=O)N(C6CCC(=O)NC6=O)C7=O)CC5)cc4)cn2)CC3)cnc1C=C. The number of imide groups is 2. The van der Waals surface area contributed by atoms with Crippen molar-refractivity contribution in [3.63, 3.8) is 0 Å². The third-order valence-electron chi connectivity index (χ3n) is 13.0. The van der Waals surface area contributed by atoms with Crippen molar-refractivity contribution in [2.45, 2.75) is 57.7 Å². The van der Waals surface area contributed by atoms with Crippen LogP contribution in [0.2, 0.25) is 0 Å². The standard InChI is InChI=1S/C54H53N9O7/c1-3-38-30-40(33-56-43(38)4-2)50-57-32-39-21-24-62(34-45(39)58-50)53(67)44-18-15-37(31-55-44)35-70-41-16-13-36(14-17-41)10-9-23-61-27-25-60(26-28-61)22-6-5-7-29-69-47-12-8-11-42-49(47)54(68)63(52(42)66)46-19-20-48(64)59-51(46)65/h3-4,8,11-18,30-33,46H,1-2,5-7,19-29,34-35H2,(H,59,64,65). The number of fused-ring (bicyclic) bond motifs is 2. The van der Waals surface area contributed by atoms with Crippen LogP contribution in [0.1, 0.15) is 97.0 Å². The molecule has 0 saturated carbocycles. The van der Waals surface area contributed by atoms with Crippen LogP contribution in [-0.4, -0.2) is 128 Å². The van der Waals surface area contributed by atoms with E-state index in [0.29, 0.717) is 62.3 Å². The molecule has 1 atom stereocenters. The van der Waals surface area contributed by atoms with Crippen LogP contribution < -0.4 is 14.8 Å². The van der Waals surface area contributed by atoms with Gasteiger partial charge in [0.2, 0.25) is 11.8 Å². The molecule has 2 saturated heterocycles. The minimum absolute atomic E-state index is 0.0694. The number of carbonyl (C=O) groups is 5. The zero-order valence-corrected chi connectivity index (χ0v) is 38.9. The second-order valence-corrected chi connectivity index (χ2v) is 17.6. The molecule has 2 fully saturated rings. The fourth-order valence-corrected chi connectivity index (χ4v) is 8.99. The Labute approximate surface area is 406 Å². The predicted octanol–water partition coefficient (Wildman–Crippen LogP) is 5.62. The van der Waals surface area contributed by atoms with Crippen molar-refractivity contribution in [3.05, 3.63) is 143 Å². The number of piperidine rings is 1. The summed E-state index contributed by atoms with van der Waals surface area (Å²) >= 11 is 0. The molecule has 16 heteroatoms. The summed E-state index contributed by atoms with van der Waals surface area (Å²) in [6.07, 6.45) is 12.2. The number of benzene rings is 2. The number of amides is 5. The van der Waals surface area contributed by atoms with Gasteiger partial charge in [-0.1, -0.05) is 43.2 Å². The summed E-state index contributed by atoms with van der Waals surface area (Å²) in [4.78, 5) is 89.8. The minimum atomic E-state index is -1.01. The topological polar surface area (TPSA) is 180 Å². The first-order chi connectivity index (χ1) is 34.1. The van der Waals surface area contributed by atoms with Crippen LogP contribution in [0, 0.1) is 11.8 Å². The number of nitrogens with zero attached hydrogens (tertiary/aromatic N) is 8. The Morgan fingerprint density at radius 2 is 1.66 bits per heavy atom. The third kappa shape index (κ3) is 10.7. The van der Waals surface area contributed by atoms with Gasteiger partial charge in [-0.2, -0.15) is 0 Å². The molecule has 7 heterocycles. The molecule has 2 aromatic carbocycles. The Morgan fingerprint density at radius 1 is 0.829 bits per heavy atom. The molecule has 70 heavy (non-hydrogen) atoms. The molecule has 1 N–H and O–H groups in total. The molecule has 0 spiro atoms. The van der Waals surface area contributed by atoms with E-state index in [1.807, 2.05) is 42.6 Å². The van der Waals surface area contributed by atoms with Gasteiger partial charge < -0.3 is 19.3 Å². The summed E-state index contributed by atoms with van der Waals surface area (Å²) in [5.74, 6) is 5.88. The number of hydrogen-bond donors (Lipinski definition) is 1. The molecule has 16 nitrogen and oxygen atoms in total. The molecule has 0 radical (unpaired) electrons. The number of nitrogens with one attached hydrogen (secondary N) is 1. The number of carbonyl (C=O) groups excluding carboxylic acids is 5. The van der Waals surface area contributed by atoms with Crippen LogP contribution in [-0.2, 0) is 29.2 Å². The Balaban J connectivity index is 0.656. The van der Waals surface area contributed by atoms with Gasteiger partial charge in [-0.15, -0.1) is 0 Å². The Hall–Kier alpha value is -7.87. The highest BCUT2D eigenvalue weighted by molar-refractivity contribution is 6.24. The van der Waals surface area contributed by atoms with Crippen molar-refractivity contribution in [2.75, 3.05) is 52.4 Å². The summed E-state index contributed by atoms with van der Waals surface area (Å²) in [7, 11) is 0. The maximum absolute atomic E-state index is 13.5. The normalized spacial score (nSPS) is 17.0. The van der Waals surface area contributed by atoms with Crippen molar-refractivity contribution in [1.82, 2.24) is 44.9 Å². The molecule has 3 aromatic heterocycles. The lowest BCUT2D eigenvalue weighted by Gasteiger charge is -2.33. The number of piperazine rings is 1. The van der Waals surface area contributed by atoms with Gasteiger partial charge >= 0.3 is 0 Å². The van der Waals surface area contributed by atoms with Gasteiger partial charge in [-0.3, -0.25) is 49.1 Å². The van der Waals surface area contributed by atoms with E-state index < -0.39 is 29.7 Å². The molecule has 4 aliphatic rings. The molecular formula is C54H53N9O7. The van der Waals surface area contributed by atoms with Crippen molar-refractivity contribution < 1.29 is 33.4 Å². The van der Waals surface area contributed by atoms with E-state index in [-0.39, 0.29) is 29.9 Å². The summed E-state index contributed by atoms with van der Waals surface area (Å²) < 4.78 is 12.0.